The second kappa shape index (κ2) is 12.9. The van der Waals surface area contributed by atoms with E-state index in [0.717, 1.165) is 24.2 Å². The molecule has 0 amide bonds. The fraction of sp³-hybridized carbons (Fsp3) is 0.571. The zero-order valence-electron chi connectivity index (χ0n) is 18.2. The van der Waals surface area contributed by atoms with Gasteiger partial charge in [0.25, 0.3) is 0 Å². The highest BCUT2D eigenvalue weighted by atomic mass is 127. The Morgan fingerprint density at radius 2 is 1.80 bits per heavy atom. The van der Waals surface area contributed by atoms with Crippen LogP contribution in [0.2, 0.25) is 0 Å². The fourth-order valence-electron chi connectivity index (χ4n) is 3.33. The smallest absolute Gasteiger partial charge is 0.192 e. The van der Waals surface area contributed by atoms with Crippen molar-refractivity contribution < 1.29 is 4.74 Å². The van der Waals surface area contributed by atoms with Crippen LogP contribution in [0.1, 0.15) is 35.6 Å². The highest BCUT2D eigenvalue weighted by Crippen LogP contribution is 2.13. The average molecular weight is 527 g/mol. The molecule has 8 nitrogen and oxygen atoms in total. The van der Waals surface area contributed by atoms with E-state index < -0.39 is 0 Å². The summed E-state index contributed by atoms with van der Waals surface area (Å²) in [4.78, 5) is 7.24. The summed E-state index contributed by atoms with van der Waals surface area (Å²) in [6, 6.07) is 8.79. The molecule has 1 fully saturated rings. The van der Waals surface area contributed by atoms with Crippen molar-refractivity contribution >= 4 is 29.9 Å². The minimum absolute atomic E-state index is 0. The summed E-state index contributed by atoms with van der Waals surface area (Å²) in [6.45, 7) is 7.92. The molecule has 2 aromatic rings. The zero-order chi connectivity index (χ0) is 20.5. The Hall–Kier alpha value is -1.72. The Bertz CT molecular complexity index is 785. The van der Waals surface area contributed by atoms with E-state index in [1.165, 1.54) is 37.1 Å². The van der Waals surface area contributed by atoms with Crippen LogP contribution in [-0.2, 0) is 31.4 Å². The predicted molar refractivity (Wildman–Crippen MR) is 130 cm³/mol. The molecule has 30 heavy (non-hydrogen) atoms. The molecule has 1 aliphatic rings. The van der Waals surface area contributed by atoms with Gasteiger partial charge in [0.2, 0.25) is 0 Å². The monoisotopic (exact) mass is 527 g/mol. The van der Waals surface area contributed by atoms with E-state index in [1.807, 2.05) is 18.5 Å². The van der Waals surface area contributed by atoms with Gasteiger partial charge in [-0.05, 0) is 44.0 Å². The number of methoxy groups -OCH3 is 1. The molecule has 0 bridgehead atoms. The minimum Gasteiger partial charge on any atom is -0.383 e. The summed E-state index contributed by atoms with van der Waals surface area (Å²) in [5.41, 5.74) is 2.56. The lowest BCUT2D eigenvalue weighted by Gasteiger charge is -2.15. The van der Waals surface area contributed by atoms with Crippen LogP contribution in [-0.4, -0.2) is 59.0 Å². The SMILES string of the molecule is COCCNC(=NCc1ccc(CN2CCCC2)cc1)NCc1nnc(C)n1C.I. The lowest BCUT2D eigenvalue weighted by molar-refractivity contribution is 0.203. The molecule has 0 atom stereocenters. The Balaban J connectivity index is 0.00000320. The van der Waals surface area contributed by atoms with Crippen LogP contribution < -0.4 is 10.6 Å². The molecule has 0 spiro atoms. The second-order valence-corrected chi connectivity index (χ2v) is 7.46. The highest BCUT2D eigenvalue weighted by Gasteiger charge is 2.11. The topological polar surface area (TPSA) is 79.6 Å². The third-order valence-electron chi connectivity index (χ3n) is 5.24. The minimum atomic E-state index is 0. The number of ether oxygens (including phenoxy) is 1. The second-order valence-electron chi connectivity index (χ2n) is 7.46. The van der Waals surface area contributed by atoms with Gasteiger partial charge in [-0.25, -0.2) is 4.99 Å². The number of nitrogens with one attached hydrogen (secondary N) is 2. The summed E-state index contributed by atoms with van der Waals surface area (Å²) in [6.07, 6.45) is 2.65. The van der Waals surface area contributed by atoms with E-state index in [4.69, 9.17) is 9.73 Å². The van der Waals surface area contributed by atoms with Crippen molar-refractivity contribution in [3.8, 4) is 0 Å². The maximum Gasteiger partial charge on any atom is 0.192 e. The van der Waals surface area contributed by atoms with Crippen LogP contribution in [0.15, 0.2) is 29.3 Å². The molecule has 0 aliphatic carbocycles. The van der Waals surface area contributed by atoms with Gasteiger partial charge in [-0.1, -0.05) is 24.3 Å². The standard InChI is InChI=1S/C21H33N7O.HI/c1-17-25-26-20(27(17)2)15-24-21(22-10-13-29-3)23-14-18-6-8-19(9-7-18)16-28-11-4-5-12-28;/h6-9H,4-5,10-16H2,1-3H3,(H2,22,23,24);1H. The molecule has 2 N–H and O–H groups in total. The molecule has 9 heteroatoms. The Labute approximate surface area is 196 Å². The molecule has 0 saturated carbocycles. The van der Waals surface area contributed by atoms with Gasteiger partial charge in [0, 0.05) is 27.2 Å². The number of rotatable bonds is 9. The van der Waals surface area contributed by atoms with E-state index in [9.17, 15) is 0 Å². The molecule has 1 aromatic carbocycles. The number of benzene rings is 1. The number of aryl methyl sites for hydroxylation is 1. The lowest BCUT2D eigenvalue weighted by atomic mass is 10.1. The van der Waals surface area contributed by atoms with Crippen molar-refractivity contribution in [3.05, 3.63) is 47.0 Å². The van der Waals surface area contributed by atoms with E-state index >= 15 is 0 Å². The van der Waals surface area contributed by atoms with E-state index in [1.54, 1.807) is 7.11 Å². The summed E-state index contributed by atoms with van der Waals surface area (Å²) < 4.78 is 7.10. The van der Waals surface area contributed by atoms with Crippen LogP contribution in [0, 0.1) is 6.92 Å². The first kappa shape index (κ1) is 24.5. The lowest BCUT2D eigenvalue weighted by Crippen LogP contribution is -2.39. The summed E-state index contributed by atoms with van der Waals surface area (Å²) in [7, 11) is 3.66. The first-order valence-electron chi connectivity index (χ1n) is 10.3. The van der Waals surface area contributed by atoms with Crippen LogP contribution in [0.25, 0.3) is 0 Å². The van der Waals surface area contributed by atoms with E-state index in [-0.39, 0.29) is 24.0 Å². The van der Waals surface area contributed by atoms with Gasteiger partial charge in [0.1, 0.15) is 5.82 Å². The van der Waals surface area contributed by atoms with Gasteiger partial charge in [-0.15, -0.1) is 34.2 Å². The number of hydrogen-bond acceptors (Lipinski definition) is 5. The number of hydrogen-bond donors (Lipinski definition) is 2. The van der Waals surface area contributed by atoms with Crippen LogP contribution in [0.4, 0.5) is 0 Å². The molecule has 0 radical (unpaired) electrons. The average Bonchev–Trinajstić information content (AvgIpc) is 3.35. The molecule has 1 aliphatic heterocycles. The van der Waals surface area contributed by atoms with Crippen molar-refractivity contribution in [2.45, 2.75) is 39.4 Å². The van der Waals surface area contributed by atoms with Crippen molar-refractivity contribution in [1.29, 1.82) is 0 Å². The van der Waals surface area contributed by atoms with Crippen molar-refractivity contribution in [2.75, 3.05) is 33.4 Å². The molecule has 2 heterocycles. The number of guanidine groups is 1. The fourth-order valence-corrected chi connectivity index (χ4v) is 3.33. The van der Waals surface area contributed by atoms with Gasteiger partial charge >= 0.3 is 0 Å². The van der Waals surface area contributed by atoms with Gasteiger partial charge in [0.15, 0.2) is 11.8 Å². The largest absolute Gasteiger partial charge is 0.383 e. The number of nitrogens with zero attached hydrogens (tertiary/aromatic N) is 5. The predicted octanol–water partition coefficient (Wildman–Crippen LogP) is 2.22. The highest BCUT2D eigenvalue weighted by molar-refractivity contribution is 14.0. The maximum atomic E-state index is 5.13. The maximum absolute atomic E-state index is 5.13. The molecular weight excluding hydrogens is 493 g/mol. The van der Waals surface area contributed by atoms with Crippen molar-refractivity contribution in [1.82, 2.24) is 30.3 Å². The molecule has 1 aromatic heterocycles. The van der Waals surface area contributed by atoms with Crippen molar-refractivity contribution in [2.24, 2.45) is 12.0 Å². The Morgan fingerprint density at radius 3 is 2.43 bits per heavy atom. The van der Waals surface area contributed by atoms with Crippen molar-refractivity contribution in [3.63, 3.8) is 0 Å². The summed E-state index contributed by atoms with van der Waals surface area (Å²) in [5, 5.41) is 14.9. The summed E-state index contributed by atoms with van der Waals surface area (Å²) in [5.74, 6) is 2.50. The number of aliphatic imine (C=N–C) groups is 1. The molecular formula is C21H34IN7O. The van der Waals surface area contributed by atoms with Crippen LogP contribution in [0.5, 0.6) is 0 Å². The Morgan fingerprint density at radius 1 is 1.10 bits per heavy atom. The third-order valence-corrected chi connectivity index (χ3v) is 5.24. The summed E-state index contributed by atoms with van der Waals surface area (Å²) >= 11 is 0. The van der Waals surface area contributed by atoms with Crippen LogP contribution in [0.3, 0.4) is 0 Å². The quantitative estimate of drug-likeness (QED) is 0.226. The molecule has 3 rings (SSSR count). The first-order valence-corrected chi connectivity index (χ1v) is 10.3. The van der Waals surface area contributed by atoms with E-state index in [2.05, 4.69) is 50.0 Å². The molecule has 166 valence electrons. The number of aromatic nitrogens is 3. The van der Waals surface area contributed by atoms with Gasteiger partial charge in [0.05, 0.1) is 19.7 Å². The van der Waals surface area contributed by atoms with Crippen LogP contribution >= 0.6 is 24.0 Å². The van der Waals surface area contributed by atoms with Gasteiger partial charge < -0.3 is 19.9 Å². The normalized spacial score (nSPS) is 14.6. The third kappa shape index (κ3) is 7.51. The van der Waals surface area contributed by atoms with E-state index in [0.29, 0.717) is 26.2 Å². The zero-order valence-corrected chi connectivity index (χ0v) is 20.6. The molecule has 1 saturated heterocycles. The number of halogens is 1. The van der Waals surface area contributed by atoms with Gasteiger partial charge in [-0.2, -0.15) is 0 Å². The van der Waals surface area contributed by atoms with Gasteiger partial charge in [-0.3, -0.25) is 4.90 Å². The molecule has 0 unspecified atom stereocenters. The Kier molecular flexibility index (Phi) is 10.5. The first-order chi connectivity index (χ1) is 14.2. The number of likely N-dealkylation sites (tertiary alicyclic amines) is 1.